The van der Waals surface area contributed by atoms with Crippen LogP contribution in [0.2, 0.25) is 10.4 Å². The second-order valence-electron chi connectivity index (χ2n) is 3.39. The Morgan fingerprint density at radius 3 is 2.74 bits per heavy atom. The van der Waals surface area contributed by atoms with Gasteiger partial charge in [0, 0.05) is 10.7 Å². The molecule has 0 aliphatic heterocycles. The number of carbonyl (C=O) groups is 1. The van der Waals surface area contributed by atoms with Crippen LogP contribution in [0, 0.1) is 5.82 Å². The first-order valence-electron chi connectivity index (χ1n) is 4.92. The molecular weight excluding hydrogens is 360 g/mol. The minimum absolute atomic E-state index is 0.00113. The lowest BCUT2D eigenvalue weighted by Crippen LogP contribution is -2.15. The van der Waals surface area contributed by atoms with Crippen LogP contribution in [0.15, 0.2) is 28.9 Å². The molecule has 4 nitrogen and oxygen atoms in total. The third-order valence-electron chi connectivity index (χ3n) is 2.16. The monoisotopic (exact) mass is 363 g/mol. The van der Waals surface area contributed by atoms with Crippen LogP contribution in [0.3, 0.4) is 0 Å². The molecule has 1 amide bonds. The molecule has 8 heteroatoms. The maximum absolute atomic E-state index is 13.6. The predicted molar refractivity (Wildman–Crippen MR) is 74.1 cm³/mol. The zero-order valence-electron chi connectivity index (χ0n) is 9.12. The molecule has 1 N–H and O–H groups in total. The first-order chi connectivity index (χ1) is 8.99. The van der Waals surface area contributed by atoms with E-state index in [-0.39, 0.29) is 21.7 Å². The number of rotatable bonds is 2. The van der Waals surface area contributed by atoms with Gasteiger partial charge >= 0.3 is 0 Å². The quantitative estimate of drug-likeness (QED) is 0.648. The van der Waals surface area contributed by atoms with Crippen molar-refractivity contribution in [3.63, 3.8) is 0 Å². The standard InChI is InChI=1S/C11H5BrCl2FN3O/c12-6-2-1-3-7(15)8(6)17-10(19)5-4-16-11(14)18-9(5)13/h1-4H,(H,17,19). The van der Waals surface area contributed by atoms with Gasteiger partial charge in [0.15, 0.2) is 0 Å². The minimum atomic E-state index is -0.632. The number of anilines is 1. The van der Waals surface area contributed by atoms with Crippen molar-refractivity contribution in [3.05, 3.63) is 50.7 Å². The largest absolute Gasteiger partial charge is 0.318 e. The number of nitrogens with one attached hydrogen (secondary N) is 1. The van der Waals surface area contributed by atoms with Crippen molar-refractivity contribution in [3.8, 4) is 0 Å². The lowest BCUT2D eigenvalue weighted by atomic mass is 10.2. The van der Waals surface area contributed by atoms with Crippen molar-refractivity contribution in [2.75, 3.05) is 5.32 Å². The van der Waals surface area contributed by atoms with E-state index in [1.54, 1.807) is 6.07 Å². The maximum atomic E-state index is 13.6. The highest BCUT2D eigenvalue weighted by molar-refractivity contribution is 9.10. The summed E-state index contributed by atoms with van der Waals surface area (Å²) in [6, 6.07) is 4.33. The van der Waals surface area contributed by atoms with E-state index in [4.69, 9.17) is 23.2 Å². The number of carbonyl (C=O) groups excluding carboxylic acids is 1. The Morgan fingerprint density at radius 2 is 2.11 bits per heavy atom. The molecule has 0 radical (unpaired) electrons. The van der Waals surface area contributed by atoms with Crippen LogP contribution in [-0.2, 0) is 0 Å². The van der Waals surface area contributed by atoms with Gasteiger partial charge in [-0.1, -0.05) is 17.7 Å². The Bertz CT molecular complexity index is 634. The van der Waals surface area contributed by atoms with Crippen LogP contribution in [0.1, 0.15) is 10.4 Å². The van der Waals surface area contributed by atoms with E-state index >= 15 is 0 Å². The van der Waals surface area contributed by atoms with Crippen LogP contribution in [-0.4, -0.2) is 15.9 Å². The molecule has 1 aromatic carbocycles. The summed E-state index contributed by atoms with van der Waals surface area (Å²) in [5.41, 5.74) is 0.0136. The summed E-state index contributed by atoms with van der Waals surface area (Å²) >= 11 is 14.4. The number of halogens is 4. The Kier molecular flexibility index (Phi) is 4.34. The lowest BCUT2D eigenvalue weighted by molar-refractivity contribution is 0.102. The average molecular weight is 365 g/mol. The fourth-order valence-electron chi connectivity index (χ4n) is 1.29. The van der Waals surface area contributed by atoms with E-state index in [1.165, 1.54) is 18.3 Å². The van der Waals surface area contributed by atoms with Gasteiger partial charge < -0.3 is 5.32 Å². The molecular formula is C11H5BrCl2FN3O. The highest BCUT2D eigenvalue weighted by atomic mass is 79.9. The van der Waals surface area contributed by atoms with E-state index in [0.717, 1.165) is 0 Å². The Hall–Kier alpha value is -1.24. The van der Waals surface area contributed by atoms with Gasteiger partial charge in [-0.25, -0.2) is 14.4 Å². The van der Waals surface area contributed by atoms with Crippen molar-refractivity contribution in [1.29, 1.82) is 0 Å². The SMILES string of the molecule is O=C(Nc1c(F)cccc1Br)c1cnc(Cl)nc1Cl. The number of nitrogens with zero attached hydrogens (tertiary/aromatic N) is 2. The highest BCUT2D eigenvalue weighted by Gasteiger charge is 2.16. The molecule has 0 fully saturated rings. The van der Waals surface area contributed by atoms with Crippen molar-refractivity contribution >= 4 is 50.7 Å². The smallest absolute Gasteiger partial charge is 0.260 e. The van der Waals surface area contributed by atoms with Crippen LogP contribution in [0.5, 0.6) is 0 Å². The van der Waals surface area contributed by atoms with Gasteiger partial charge in [-0.05, 0) is 39.7 Å². The summed E-state index contributed by atoms with van der Waals surface area (Å²) in [6.07, 6.45) is 1.17. The molecule has 0 aliphatic rings. The second-order valence-corrected chi connectivity index (χ2v) is 4.94. The van der Waals surface area contributed by atoms with Gasteiger partial charge in [0.1, 0.15) is 11.0 Å². The first kappa shape index (κ1) is 14.2. The number of para-hydroxylation sites is 1. The normalized spacial score (nSPS) is 10.3. The van der Waals surface area contributed by atoms with E-state index < -0.39 is 11.7 Å². The van der Waals surface area contributed by atoms with Gasteiger partial charge in [-0.15, -0.1) is 0 Å². The molecule has 0 unspecified atom stereocenters. The summed E-state index contributed by atoms with van der Waals surface area (Å²) in [7, 11) is 0. The third kappa shape index (κ3) is 3.20. The number of benzene rings is 1. The van der Waals surface area contributed by atoms with Gasteiger partial charge in [-0.2, -0.15) is 0 Å². The Balaban J connectivity index is 2.31. The Morgan fingerprint density at radius 1 is 1.37 bits per heavy atom. The molecule has 2 rings (SSSR count). The highest BCUT2D eigenvalue weighted by Crippen LogP contribution is 2.26. The molecule has 19 heavy (non-hydrogen) atoms. The summed E-state index contributed by atoms with van der Waals surface area (Å²) in [4.78, 5) is 19.2. The molecule has 0 bridgehead atoms. The molecule has 0 aliphatic carbocycles. The summed E-state index contributed by atoms with van der Waals surface area (Å²) < 4.78 is 14.0. The summed E-state index contributed by atoms with van der Waals surface area (Å²) in [5.74, 6) is -1.21. The van der Waals surface area contributed by atoms with Crippen LogP contribution in [0.4, 0.5) is 10.1 Å². The second kappa shape index (κ2) is 5.81. The number of hydrogen-bond acceptors (Lipinski definition) is 3. The topological polar surface area (TPSA) is 54.9 Å². The van der Waals surface area contributed by atoms with Crippen LogP contribution < -0.4 is 5.32 Å². The molecule has 0 spiro atoms. The summed E-state index contributed by atoms with van der Waals surface area (Å²) in [6.45, 7) is 0. The fraction of sp³-hybridized carbons (Fsp3) is 0. The fourth-order valence-corrected chi connectivity index (χ4v) is 2.12. The van der Waals surface area contributed by atoms with Crippen molar-refractivity contribution in [2.24, 2.45) is 0 Å². The third-order valence-corrected chi connectivity index (χ3v) is 3.29. The summed E-state index contributed by atoms with van der Waals surface area (Å²) in [5, 5.41) is 2.20. The van der Waals surface area contributed by atoms with Crippen molar-refractivity contribution in [2.45, 2.75) is 0 Å². The first-order valence-corrected chi connectivity index (χ1v) is 6.47. The van der Waals surface area contributed by atoms with E-state index in [1.807, 2.05) is 0 Å². The lowest BCUT2D eigenvalue weighted by Gasteiger charge is -2.08. The van der Waals surface area contributed by atoms with Crippen LogP contribution >= 0.6 is 39.1 Å². The van der Waals surface area contributed by atoms with Crippen molar-refractivity contribution in [1.82, 2.24) is 9.97 Å². The van der Waals surface area contributed by atoms with Crippen LogP contribution in [0.25, 0.3) is 0 Å². The van der Waals surface area contributed by atoms with Gasteiger partial charge in [0.05, 0.1) is 11.3 Å². The number of hydrogen-bond donors (Lipinski definition) is 1. The Labute approximate surface area is 126 Å². The molecule has 0 saturated carbocycles. The van der Waals surface area contributed by atoms with Gasteiger partial charge in [-0.3, -0.25) is 4.79 Å². The molecule has 0 atom stereocenters. The van der Waals surface area contributed by atoms with E-state index in [2.05, 4.69) is 31.2 Å². The number of amides is 1. The maximum Gasteiger partial charge on any atom is 0.260 e. The van der Waals surface area contributed by atoms with Gasteiger partial charge in [0.2, 0.25) is 5.28 Å². The predicted octanol–water partition coefficient (Wildman–Crippen LogP) is 3.94. The molecule has 2 aromatic rings. The number of aromatic nitrogens is 2. The average Bonchev–Trinajstić information content (AvgIpc) is 2.33. The zero-order chi connectivity index (χ0) is 14.0. The molecule has 1 aromatic heterocycles. The van der Waals surface area contributed by atoms with Gasteiger partial charge in [0.25, 0.3) is 5.91 Å². The van der Waals surface area contributed by atoms with Crippen molar-refractivity contribution < 1.29 is 9.18 Å². The van der Waals surface area contributed by atoms with E-state index in [0.29, 0.717) is 4.47 Å². The minimum Gasteiger partial charge on any atom is -0.318 e. The molecule has 0 saturated heterocycles. The zero-order valence-corrected chi connectivity index (χ0v) is 12.2. The molecule has 98 valence electrons. The molecule has 1 heterocycles. The van der Waals surface area contributed by atoms with E-state index in [9.17, 15) is 9.18 Å².